The largest absolute Gasteiger partial charge is 0.352 e. The summed E-state index contributed by atoms with van der Waals surface area (Å²) in [6.07, 6.45) is 5.84. The van der Waals surface area contributed by atoms with Crippen molar-refractivity contribution in [1.29, 1.82) is 0 Å². The topological polar surface area (TPSA) is 46.1 Å². The summed E-state index contributed by atoms with van der Waals surface area (Å²) in [5, 5.41) is 2.93. The van der Waals surface area contributed by atoms with Gasteiger partial charge in [0.05, 0.1) is 0 Å². The molecule has 0 aliphatic carbocycles. The number of nitrogens with one attached hydrogen (secondary N) is 2. The summed E-state index contributed by atoms with van der Waals surface area (Å²) in [4.78, 5) is 11.4. The fraction of sp³-hybridized carbons (Fsp3) is 0.545. The van der Waals surface area contributed by atoms with Crippen molar-refractivity contribution in [3.63, 3.8) is 0 Å². The minimum Gasteiger partial charge on any atom is -0.352 e. The fourth-order valence-electron chi connectivity index (χ4n) is 1.43. The van der Waals surface area contributed by atoms with E-state index in [0.717, 1.165) is 12.8 Å². The van der Waals surface area contributed by atoms with Crippen molar-refractivity contribution < 1.29 is 4.79 Å². The Labute approximate surface area is 90.6 Å². The van der Waals surface area contributed by atoms with Crippen molar-refractivity contribution >= 4 is 5.91 Å². The Morgan fingerprint density at radius 3 is 2.67 bits per heavy atom. The zero-order valence-electron chi connectivity index (χ0n) is 9.36. The third-order valence-electron chi connectivity index (χ3n) is 2.16. The number of hydrogen-bond donors (Lipinski definition) is 2. The molecule has 1 atom stereocenters. The number of rotatable bonds is 6. The molecule has 1 rings (SSSR count). The summed E-state index contributed by atoms with van der Waals surface area (Å²) in [6, 6.07) is 4.07. The van der Waals surface area contributed by atoms with Crippen LogP contribution >= 0.6 is 0 Å². The third-order valence-corrected chi connectivity index (χ3v) is 2.16. The van der Waals surface area contributed by atoms with Gasteiger partial charge in [-0.15, -0.1) is 0 Å². The van der Waals surface area contributed by atoms with E-state index in [-0.39, 0.29) is 11.9 Å². The van der Waals surface area contributed by atoms with Gasteiger partial charge in [0.15, 0.2) is 0 Å². The minimum atomic E-state index is 0.0321. The van der Waals surface area contributed by atoms with Crippen molar-refractivity contribution in [2.45, 2.75) is 32.7 Å². The molecular weight excluding hydrogens is 190 g/mol. The van der Waals surface area contributed by atoms with Crippen LogP contribution in [0.2, 0.25) is 0 Å². The summed E-state index contributed by atoms with van der Waals surface area (Å²) in [6.45, 7) is 4.44. The van der Waals surface area contributed by atoms with Gasteiger partial charge in [0.2, 0.25) is 5.91 Å². The Bertz CT molecular complexity index is 282. The van der Waals surface area contributed by atoms with Crippen molar-refractivity contribution in [2.75, 3.05) is 12.0 Å². The monoisotopic (exact) mass is 209 g/mol. The smallest absolute Gasteiger partial charge is 0.241 e. The van der Waals surface area contributed by atoms with E-state index in [2.05, 4.69) is 17.7 Å². The van der Waals surface area contributed by atoms with Crippen LogP contribution in [-0.2, 0) is 4.79 Å². The van der Waals surface area contributed by atoms with Crippen LogP contribution in [0.3, 0.4) is 0 Å². The molecule has 0 aliphatic rings. The van der Waals surface area contributed by atoms with E-state index in [1.54, 1.807) is 4.68 Å². The lowest BCUT2D eigenvalue weighted by molar-refractivity contribution is -0.120. The van der Waals surface area contributed by atoms with Gasteiger partial charge in [0.1, 0.15) is 6.54 Å². The predicted molar refractivity (Wildman–Crippen MR) is 61.2 cm³/mol. The molecule has 1 aromatic heterocycles. The van der Waals surface area contributed by atoms with Gasteiger partial charge < -0.3 is 10.7 Å². The zero-order chi connectivity index (χ0) is 11.1. The van der Waals surface area contributed by atoms with Crippen molar-refractivity contribution in [2.24, 2.45) is 0 Å². The maximum atomic E-state index is 11.4. The van der Waals surface area contributed by atoms with E-state index in [4.69, 9.17) is 0 Å². The molecule has 0 spiro atoms. The van der Waals surface area contributed by atoms with Gasteiger partial charge in [-0.2, -0.15) is 0 Å². The Morgan fingerprint density at radius 1 is 1.40 bits per heavy atom. The number of nitrogens with zero attached hydrogens (tertiary/aromatic N) is 1. The van der Waals surface area contributed by atoms with E-state index in [9.17, 15) is 4.79 Å². The van der Waals surface area contributed by atoms with E-state index in [1.165, 1.54) is 0 Å². The highest BCUT2D eigenvalue weighted by Crippen LogP contribution is 1.94. The quantitative estimate of drug-likeness (QED) is 0.742. The lowest BCUT2D eigenvalue weighted by atomic mass is 10.2. The maximum Gasteiger partial charge on any atom is 0.241 e. The number of aromatic nitrogens is 1. The normalized spacial score (nSPS) is 12.1. The molecule has 0 fully saturated rings. The number of carbonyl (C=O) groups excluding carboxylic acids is 1. The maximum absolute atomic E-state index is 11.4. The average molecular weight is 209 g/mol. The number of hydrogen-bond acceptors (Lipinski definition) is 2. The molecule has 4 nitrogen and oxygen atoms in total. The van der Waals surface area contributed by atoms with Crippen LogP contribution in [0, 0.1) is 0 Å². The van der Waals surface area contributed by atoms with E-state index in [0.29, 0.717) is 6.54 Å². The molecule has 1 heterocycles. The second kappa shape index (κ2) is 6.11. The van der Waals surface area contributed by atoms with Crippen molar-refractivity contribution in [3.05, 3.63) is 24.5 Å². The Hall–Kier alpha value is -1.45. The average Bonchev–Trinajstić information content (AvgIpc) is 2.67. The first-order valence-corrected chi connectivity index (χ1v) is 5.38. The molecule has 0 radical (unpaired) electrons. The highest BCUT2D eigenvalue weighted by atomic mass is 16.2. The molecule has 0 aliphatic heterocycles. The molecule has 0 saturated carbocycles. The van der Waals surface area contributed by atoms with Gasteiger partial charge >= 0.3 is 0 Å². The molecular formula is C11H19N3O. The fourth-order valence-corrected chi connectivity index (χ4v) is 1.43. The molecule has 1 amide bonds. The molecule has 2 N–H and O–H groups in total. The molecule has 0 aromatic carbocycles. The SMILES string of the molecule is CCCC(C)NC(=O)CNn1cccc1. The Balaban J connectivity index is 2.19. The zero-order valence-corrected chi connectivity index (χ0v) is 9.36. The molecule has 1 aromatic rings. The van der Waals surface area contributed by atoms with Crippen molar-refractivity contribution in [3.8, 4) is 0 Å². The second-order valence-electron chi connectivity index (χ2n) is 3.68. The lowest BCUT2D eigenvalue weighted by Crippen LogP contribution is -2.38. The summed E-state index contributed by atoms with van der Waals surface area (Å²) in [5.74, 6) is 0.0321. The van der Waals surface area contributed by atoms with Gasteiger partial charge in [-0.05, 0) is 25.5 Å². The molecule has 15 heavy (non-hydrogen) atoms. The van der Waals surface area contributed by atoms with E-state index >= 15 is 0 Å². The van der Waals surface area contributed by atoms with Crippen molar-refractivity contribution in [1.82, 2.24) is 9.99 Å². The first kappa shape index (κ1) is 11.6. The molecule has 4 heteroatoms. The predicted octanol–water partition coefficient (Wildman–Crippen LogP) is 1.34. The van der Waals surface area contributed by atoms with Crippen LogP contribution in [0.15, 0.2) is 24.5 Å². The van der Waals surface area contributed by atoms with Crippen LogP contribution in [0.4, 0.5) is 0 Å². The third kappa shape index (κ3) is 4.54. The standard InChI is InChI=1S/C11H19N3O/c1-3-6-10(2)13-11(15)9-12-14-7-4-5-8-14/h4-5,7-8,10,12H,3,6,9H2,1-2H3,(H,13,15). The van der Waals surface area contributed by atoms with Gasteiger partial charge in [-0.3, -0.25) is 9.47 Å². The van der Waals surface area contributed by atoms with Crippen LogP contribution in [0.25, 0.3) is 0 Å². The van der Waals surface area contributed by atoms with Gasteiger partial charge in [0, 0.05) is 18.4 Å². The highest BCUT2D eigenvalue weighted by molar-refractivity contribution is 5.79. The Morgan fingerprint density at radius 2 is 2.07 bits per heavy atom. The molecule has 1 unspecified atom stereocenters. The number of carbonyl (C=O) groups is 1. The highest BCUT2D eigenvalue weighted by Gasteiger charge is 2.05. The van der Waals surface area contributed by atoms with Gasteiger partial charge in [0.25, 0.3) is 0 Å². The Kier molecular flexibility index (Phi) is 4.74. The second-order valence-corrected chi connectivity index (χ2v) is 3.68. The van der Waals surface area contributed by atoms with E-state index in [1.807, 2.05) is 31.5 Å². The molecule has 0 bridgehead atoms. The summed E-state index contributed by atoms with van der Waals surface area (Å²) >= 11 is 0. The van der Waals surface area contributed by atoms with Crippen LogP contribution in [0.1, 0.15) is 26.7 Å². The van der Waals surface area contributed by atoms with Crippen LogP contribution in [0.5, 0.6) is 0 Å². The summed E-state index contributed by atoms with van der Waals surface area (Å²) in [5.41, 5.74) is 2.98. The van der Waals surface area contributed by atoms with Gasteiger partial charge in [-0.1, -0.05) is 13.3 Å². The first-order valence-electron chi connectivity index (χ1n) is 5.38. The van der Waals surface area contributed by atoms with Gasteiger partial charge in [-0.25, -0.2) is 0 Å². The number of amides is 1. The van der Waals surface area contributed by atoms with E-state index < -0.39 is 0 Å². The minimum absolute atomic E-state index is 0.0321. The molecule has 0 saturated heterocycles. The summed E-state index contributed by atoms with van der Waals surface area (Å²) in [7, 11) is 0. The molecule has 84 valence electrons. The van der Waals surface area contributed by atoms with Crippen LogP contribution < -0.4 is 10.7 Å². The first-order chi connectivity index (χ1) is 7.22. The summed E-state index contributed by atoms with van der Waals surface area (Å²) < 4.78 is 1.77. The lowest BCUT2D eigenvalue weighted by Gasteiger charge is -2.13. The van der Waals surface area contributed by atoms with Crippen LogP contribution in [-0.4, -0.2) is 23.2 Å².